The summed E-state index contributed by atoms with van der Waals surface area (Å²) in [5.41, 5.74) is 3.19. The standard InChI is InChI=1S/C72H104N8O14/c1-41(2)31-57-69(85)91-47(13)65(81)75(15)60(34-44(7)8)72(88)94-62(36-50-21-25-52(26-22-50)64(54-29-30-54)80-40-56(38-74-80)90-46(11)12)68(84)78(18)58(32-42(3)4)70(86)92-48(14)66(82)76(16)59(33-43(5)6)71(87)93-61(67(83)77(57)17)35-49-19-23-51(24-20-49)63(53-27-28-53)79-39-55(37-73-79)89-45(9)10/h19-26,37-48,53-54,57-64H,27-36H2,1-18H3/t47-,48-,57+,58+,59+,60+,61-,62-,63?,64?/m1/s1. The lowest BCUT2D eigenvalue weighted by atomic mass is 9.98. The number of ether oxygens (including phenoxy) is 6. The maximum Gasteiger partial charge on any atom is 0.329 e. The molecule has 0 radical (unpaired) electrons. The summed E-state index contributed by atoms with van der Waals surface area (Å²) >= 11 is 0. The Morgan fingerprint density at radius 2 is 0.691 bits per heavy atom. The van der Waals surface area contributed by atoms with E-state index < -0.39 is 96.1 Å². The van der Waals surface area contributed by atoms with E-state index in [-0.39, 0.29) is 86.5 Å². The van der Waals surface area contributed by atoms with Gasteiger partial charge in [0.25, 0.3) is 23.6 Å². The van der Waals surface area contributed by atoms with Gasteiger partial charge in [-0.05, 0) is 151 Å². The molecule has 10 atom stereocenters. The first kappa shape index (κ1) is 73.6. The molecule has 2 saturated carbocycles. The highest BCUT2D eigenvalue weighted by Gasteiger charge is 2.44. The minimum Gasteiger partial charge on any atom is -0.488 e. The van der Waals surface area contributed by atoms with Crippen LogP contribution in [0.3, 0.4) is 0 Å². The van der Waals surface area contributed by atoms with E-state index in [9.17, 15) is 28.8 Å². The van der Waals surface area contributed by atoms with Crippen molar-refractivity contribution in [3.63, 3.8) is 0 Å². The highest BCUT2D eigenvalue weighted by Crippen LogP contribution is 2.45. The van der Waals surface area contributed by atoms with Crippen molar-refractivity contribution in [1.29, 1.82) is 0 Å². The average Bonchev–Trinajstić information content (AvgIpc) is 1.57. The van der Waals surface area contributed by atoms with Crippen LogP contribution in [0.25, 0.3) is 0 Å². The molecule has 94 heavy (non-hydrogen) atoms. The Morgan fingerprint density at radius 1 is 0.415 bits per heavy atom. The molecule has 4 aromatic rings. The van der Waals surface area contributed by atoms with E-state index in [1.165, 1.54) is 51.8 Å². The fourth-order valence-corrected chi connectivity index (χ4v) is 12.3. The van der Waals surface area contributed by atoms with Gasteiger partial charge < -0.3 is 48.0 Å². The van der Waals surface area contributed by atoms with Crippen LogP contribution in [-0.4, -0.2) is 176 Å². The molecule has 22 nitrogen and oxygen atoms in total. The number of nitrogens with zero attached hydrogens (tertiary/aromatic N) is 8. The molecule has 0 spiro atoms. The minimum absolute atomic E-state index is 0.0352. The van der Waals surface area contributed by atoms with Crippen molar-refractivity contribution < 1.29 is 66.8 Å². The van der Waals surface area contributed by atoms with Gasteiger partial charge in [0.05, 0.1) is 49.1 Å². The molecular formula is C72H104N8O14. The highest BCUT2D eigenvalue weighted by molar-refractivity contribution is 5.94. The van der Waals surface area contributed by atoms with Crippen LogP contribution < -0.4 is 9.47 Å². The minimum atomic E-state index is -1.56. The van der Waals surface area contributed by atoms with E-state index in [1.54, 1.807) is 12.4 Å². The number of likely N-dealkylation sites (N-methyl/N-ethyl adjacent to an activating group) is 4. The molecule has 1 saturated heterocycles. The molecular weight excluding hydrogens is 1200 g/mol. The molecule has 2 unspecified atom stereocenters. The van der Waals surface area contributed by atoms with E-state index in [2.05, 4.69) is 10.2 Å². The monoisotopic (exact) mass is 1300 g/mol. The number of cyclic esters (lactones) is 4. The van der Waals surface area contributed by atoms with Crippen molar-refractivity contribution in [3.8, 4) is 11.5 Å². The number of hydrogen-bond donors (Lipinski definition) is 0. The maximum atomic E-state index is 15.3. The highest BCUT2D eigenvalue weighted by atomic mass is 16.6. The molecule has 7 rings (SSSR count). The molecule has 3 aliphatic rings. The van der Waals surface area contributed by atoms with Gasteiger partial charge >= 0.3 is 23.9 Å². The Kier molecular flexibility index (Phi) is 25.5. The van der Waals surface area contributed by atoms with Gasteiger partial charge in [0.2, 0.25) is 0 Å². The second-order valence-electron chi connectivity index (χ2n) is 28.5. The third-order valence-corrected chi connectivity index (χ3v) is 17.6. The molecule has 4 amide bonds. The normalized spacial score (nSPS) is 23.9. The number of benzene rings is 2. The van der Waals surface area contributed by atoms with Crippen LogP contribution in [0.5, 0.6) is 11.5 Å². The third kappa shape index (κ3) is 19.7. The number of carbonyl (C=O) groups excluding carboxylic acids is 8. The second-order valence-corrected chi connectivity index (χ2v) is 28.5. The third-order valence-electron chi connectivity index (χ3n) is 17.6. The number of esters is 4. The number of carbonyl (C=O) groups is 8. The summed E-state index contributed by atoms with van der Waals surface area (Å²) in [6, 6.07) is 9.88. The molecule has 0 N–H and O–H groups in total. The lowest BCUT2D eigenvalue weighted by Crippen LogP contribution is -2.55. The summed E-state index contributed by atoms with van der Waals surface area (Å²) in [4.78, 5) is 124. The number of rotatable bonds is 22. The van der Waals surface area contributed by atoms with Crippen molar-refractivity contribution in [2.75, 3.05) is 28.2 Å². The molecule has 1 aliphatic heterocycles. The van der Waals surface area contributed by atoms with Gasteiger partial charge in [-0.1, -0.05) is 104 Å². The van der Waals surface area contributed by atoms with E-state index in [0.29, 0.717) is 34.5 Å². The Morgan fingerprint density at radius 3 is 0.957 bits per heavy atom. The van der Waals surface area contributed by atoms with Crippen LogP contribution in [0.15, 0.2) is 73.3 Å². The van der Waals surface area contributed by atoms with Gasteiger partial charge in [0.15, 0.2) is 35.9 Å². The Bertz CT molecular complexity index is 2990. The van der Waals surface area contributed by atoms with Gasteiger partial charge in [0.1, 0.15) is 24.2 Å². The summed E-state index contributed by atoms with van der Waals surface area (Å²) in [5, 5.41) is 9.31. The first-order valence-electron chi connectivity index (χ1n) is 33.8. The molecule has 3 heterocycles. The summed E-state index contributed by atoms with van der Waals surface area (Å²) < 4.78 is 40.3. The zero-order chi connectivity index (χ0) is 69.2. The topological polar surface area (TPSA) is 241 Å². The van der Waals surface area contributed by atoms with Crippen molar-refractivity contribution in [3.05, 3.63) is 95.6 Å². The molecule has 0 bridgehead atoms. The first-order chi connectivity index (χ1) is 44.3. The largest absolute Gasteiger partial charge is 0.488 e. The van der Waals surface area contributed by atoms with Gasteiger partial charge in [0, 0.05) is 41.0 Å². The summed E-state index contributed by atoms with van der Waals surface area (Å²) in [6.07, 6.45) is 5.05. The van der Waals surface area contributed by atoms with Crippen molar-refractivity contribution >= 4 is 47.5 Å². The Balaban J connectivity index is 1.25. The van der Waals surface area contributed by atoms with Gasteiger partial charge in [-0.25, -0.2) is 19.2 Å². The summed E-state index contributed by atoms with van der Waals surface area (Å²) in [5.74, 6) is -5.51. The molecule has 3 fully saturated rings. The molecule has 2 aromatic heterocycles. The summed E-state index contributed by atoms with van der Waals surface area (Å²) in [7, 11) is 5.63. The molecule has 2 aromatic carbocycles. The number of amides is 4. The second kappa shape index (κ2) is 32.6. The Hall–Kier alpha value is -7.78. The quantitative estimate of drug-likeness (QED) is 0.0525. The van der Waals surface area contributed by atoms with Crippen LogP contribution in [0.4, 0.5) is 0 Å². The SMILES string of the molecule is CC(C)C[C@H]1C(=O)O[C@H](Cc2ccc(C(C3CC3)n3cc(OC(C)C)cn3)cc2)C(=O)N(C)[C@@H](CC(C)C)C(=O)O[C@H](C)C(=O)N(C)[C@@H](CC(C)C)C(=O)O[C@H](Cc2ccc(C(C3CC3)n3cc(OC(C)C)cn3)cc2)C(=O)N(C)[C@@H](CC(C)C)C(=O)O[C@H](C)C(=O)N1C. The number of aromatic nitrogens is 4. The zero-order valence-corrected chi connectivity index (χ0v) is 58.7. The maximum absolute atomic E-state index is 15.3. The van der Waals surface area contributed by atoms with E-state index >= 15 is 9.59 Å². The van der Waals surface area contributed by atoms with Crippen LogP contribution in [0, 0.1) is 35.5 Å². The predicted molar refractivity (Wildman–Crippen MR) is 353 cm³/mol. The van der Waals surface area contributed by atoms with E-state index in [0.717, 1.165) is 46.6 Å². The fourth-order valence-electron chi connectivity index (χ4n) is 12.3. The van der Waals surface area contributed by atoms with Crippen LogP contribution in [0.1, 0.15) is 183 Å². The fraction of sp³-hybridized carbons (Fsp3) is 0.639. The zero-order valence-electron chi connectivity index (χ0n) is 58.7. The number of hydrogen-bond acceptors (Lipinski definition) is 16. The Labute approximate surface area is 556 Å². The lowest BCUT2D eigenvalue weighted by Gasteiger charge is -2.35. The van der Waals surface area contributed by atoms with Crippen LogP contribution in [-0.2, 0) is 70.1 Å². The average molecular weight is 1310 g/mol. The van der Waals surface area contributed by atoms with Crippen LogP contribution >= 0.6 is 0 Å². The molecule has 516 valence electrons. The van der Waals surface area contributed by atoms with Gasteiger partial charge in [-0.15, -0.1) is 0 Å². The summed E-state index contributed by atoms with van der Waals surface area (Å²) in [6.45, 7) is 25.5. The first-order valence-corrected chi connectivity index (χ1v) is 33.8. The van der Waals surface area contributed by atoms with Crippen LogP contribution in [0.2, 0.25) is 0 Å². The van der Waals surface area contributed by atoms with Crippen molar-refractivity contribution in [2.24, 2.45) is 35.5 Å². The van der Waals surface area contributed by atoms with Crippen molar-refractivity contribution in [2.45, 2.75) is 234 Å². The van der Waals surface area contributed by atoms with Gasteiger partial charge in [-0.2, -0.15) is 10.2 Å². The van der Waals surface area contributed by atoms with Gasteiger partial charge in [-0.3, -0.25) is 28.5 Å². The van der Waals surface area contributed by atoms with E-state index in [1.807, 2.05) is 153 Å². The molecule has 22 heteroatoms. The van der Waals surface area contributed by atoms with Crippen molar-refractivity contribution in [1.82, 2.24) is 39.2 Å². The smallest absolute Gasteiger partial charge is 0.329 e. The van der Waals surface area contributed by atoms with E-state index in [4.69, 9.17) is 28.4 Å². The predicted octanol–water partition coefficient (Wildman–Crippen LogP) is 9.63. The lowest BCUT2D eigenvalue weighted by molar-refractivity contribution is -0.176. The molecule has 2 aliphatic carbocycles.